The highest BCUT2D eigenvalue weighted by atomic mass is 35.5. The van der Waals surface area contributed by atoms with Gasteiger partial charge in [-0.2, -0.15) is 0 Å². The van der Waals surface area contributed by atoms with Crippen molar-refractivity contribution >= 4 is 23.3 Å². The van der Waals surface area contributed by atoms with E-state index in [1.165, 1.54) is 12.0 Å². The first-order valence-corrected chi connectivity index (χ1v) is 8.00. The highest BCUT2D eigenvalue weighted by molar-refractivity contribution is 6.30. The van der Waals surface area contributed by atoms with E-state index in [4.69, 9.17) is 21.1 Å². The van der Waals surface area contributed by atoms with Crippen molar-refractivity contribution < 1.29 is 19.4 Å². The molecule has 0 saturated carbocycles. The molecular formula is C18H21ClN2O4. The first-order chi connectivity index (χ1) is 11.9. The Morgan fingerprint density at radius 3 is 2.56 bits per heavy atom. The van der Waals surface area contributed by atoms with Crippen LogP contribution in [-0.4, -0.2) is 43.8 Å². The van der Waals surface area contributed by atoms with Crippen LogP contribution in [0.1, 0.15) is 11.7 Å². The predicted molar refractivity (Wildman–Crippen MR) is 97.6 cm³/mol. The van der Waals surface area contributed by atoms with Crippen molar-refractivity contribution in [3.8, 4) is 11.5 Å². The maximum atomic E-state index is 12.2. The van der Waals surface area contributed by atoms with Crippen molar-refractivity contribution in [2.75, 3.05) is 33.1 Å². The minimum Gasteiger partial charge on any atom is -0.493 e. The van der Waals surface area contributed by atoms with Crippen molar-refractivity contribution in [1.82, 2.24) is 4.90 Å². The molecule has 7 heteroatoms. The molecule has 2 N–H and O–H groups in total. The molecule has 0 aliphatic rings. The Hall–Kier alpha value is -2.44. The first kappa shape index (κ1) is 18.9. The average Bonchev–Trinajstić information content (AvgIpc) is 2.60. The van der Waals surface area contributed by atoms with Crippen LogP contribution in [0.5, 0.6) is 11.5 Å². The molecule has 0 fully saturated rings. The molecule has 134 valence electrons. The molecule has 1 unspecified atom stereocenters. The lowest BCUT2D eigenvalue weighted by Gasteiger charge is -2.22. The number of methoxy groups -OCH3 is 2. The van der Waals surface area contributed by atoms with Gasteiger partial charge in [0.05, 0.1) is 26.9 Å². The van der Waals surface area contributed by atoms with Crippen LogP contribution < -0.4 is 14.8 Å². The number of ether oxygens (including phenoxy) is 2. The fourth-order valence-corrected chi connectivity index (χ4v) is 2.48. The van der Waals surface area contributed by atoms with Crippen molar-refractivity contribution in [3.63, 3.8) is 0 Å². The lowest BCUT2D eigenvalue weighted by molar-refractivity contribution is 0.136. The zero-order valence-electron chi connectivity index (χ0n) is 14.3. The molecule has 0 aromatic heterocycles. The van der Waals surface area contributed by atoms with Gasteiger partial charge >= 0.3 is 6.03 Å². The standard InChI is InChI=1S/C18H21ClN2O4/c1-21(18(23)20-14-6-4-5-13(19)10-14)11-15(22)12-7-8-16(24-2)17(9-12)25-3/h4-10,15,22H,11H2,1-3H3,(H,20,23). The number of hydrogen-bond donors (Lipinski definition) is 2. The summed E-state index contributed by atoms with van der Waals surface area (Å²) in [5.74, 6) is 1.09. The molecule has 2 rings (SSSR count). The van der Waals surface area contributed by atoms with E-state index in [9.17, 15) is 9.90 Å². The van der Waals surface area contributed by atoms with Gasteiger partial charge < -0.3 is 24.8 Å². The van der Waals surface area contributed by atoms with Gasteiger partial charge in [0.25, 0.3) is 0 Å². The van der Waals surface area contributed by atoms with Crippen molar-refractivity contribution in [2.45, 2.75) is 6.10 Å². The normalized spacial score (nSPS) is 11.6. The van der Waals surface area contributed by atoms with E-state index in [2.05, 4.69) is 5.32 Å². The Morgan fingerprint density at radius 1 is 1.20 bits per heavy atom. The van der Waals surface area contributed by atoms with E-state index in [1.54, 1.807) is 56.6 Å². The molecule has 2 aromatic carbocycles. The number of nitrogens with zero attached hydrogens (tertiary/aromatic N) is 1. The van der Waals surface area contributed by atoms with Crippen LogP contribution in [-0.2, 0) is 0 Å². The molecule has 0 aliphatic heterocycles. The van der Waals surface area contributed by atoms with Gasteiger partial charge in [-0.3, -0.25) is 0 Å². The molecule has 0 saturated heterocycles. The van der Waals surface area contributed by atoms with Gasteiger partial charge in [0.1, 0.15) is 0 Å². The van der Waals surface area contributed by atoms with Gasteiger partial charge in [0.15, 0.2) is 11.5 Å². The highest BCUT2D eigenvalue weighted by Gasteiger charge is 2.17. The van der Waals surface area contributed by atoms with Crippen LogP contribution >= 0.6 is 11.6 Å². The summed E-state index contributed by atoms with van der Waals surface area (Å²) in [5, 5.41) is 13.7. The molecule has 25 heavy (non-hydrogen) atoms. The molecule has 2 aromatic rings. The van der Waals surface area contributed by atoms with E-state index < -0.39 is 6.10 Å². The maximum absolute atomic E-state index is 12.2. The molecule has 6 nitrogen and oxygen atoms in total. The van der Waals surface area contributed by atoms with Crippen LogP contribution in [0.3, 0.4) is 0 Å². The van der Waals surface area contributed by atoms with Gasteiger partial charge in [-0.1, -0.05) is 23.7 Å². The summed E-state index contributed by atoms with van der Waals surface area (Å²) in [6, 6.07) is 11.6. The number of aliphatic hydroxyl groups excluding tert-OH is 1. The molecule has 0 aliphatic carbocycles. The Bertz CT molecular complexity index is 739. The number of aliphatic hydroxyl groups is 1. The number of carbonyl (C=O) groups is 1. The number of nitrogens with one attached hydrogen (secondary N) is 1. The van der Waals surface area contributed by atoms with Crippen molar-refractivity contribution in [2.24, 2.45) is 0 Å². The summed E-state index contributed by atoms with van der Waals surface area (Å²) >= 11 is 5.90. The zero-order valence-corrected chi connectivity index (χ0v) is 15.1. The molecule has 0 spiro atoms. The van der Waals surface area contributed by atoms with Crippen LogP contribution in [0, 0.1) is 0 Å². The summed E-state index contributed by atoms with van der Waals surface area (Å²) in [7, 11) is 4.67. The van der Waals surface area contributed by atoms with Gasteiger partial charge in [-0.25, -0.2) is 4.79 Å². The Balaban J connectivity index is 2.01. The van der Waals surface area contributed by atoms with Gasteiger partial charge in [-0.05, 0) is 35.9 Å². The quantitative estimate of drug-likeness (QED) is 0.822. The van der Waals surface area contributed by atoms with E-state index in [1.807, 2.05) is 0 Å². The Morgan fingerprint density at radius 2 is 1.92 bits per heavy atom. The minimum atomic E-state index is -0.866. The van der Waals surface area contributed by atoms with E-state index in [-0.39, 0.29) is 12.6 Å². The van der Waals surface area contributed by atoms with Crippen molar-refractivity contribution in [3.05, 3.63) is 53.1 Å². The number of likely N-dealkylation sites (N-methyl/N-ethyl adjacent to an activating group) is 1. The zero-order chi connectivity index (χ0) is 18.4. The van der Waals surface area contributed by atoms with Crippen molar-refractivity contribution in [1.29, 1.82) is 0 Å². The van der Waals surface area contributed by atoms with Crippen LogP contribution in [0.4, 0.5) is 10.5 Å². The Labute approximate surface area is 151 Å². The first-order valence-electron chi connectivity index (χ1n) is 7.62. The molecule has 0 radical (unpaired) electrons. The number of benzene rings is 2. The second kappa shape index (κ2) is 8.60. The summed E-state index contributed by atoms with van der Waals surface area (Å²) in [6.07, 6.45) is -0.866. The number of rotatable bonds is 6. The average molecular weight is 365 g/mol. The predicted octanol–water partition coefficient (Wildman–Crippen LogP) is 3.55. The van der Waals surface area contributed by atoms with E-state index in [0.717, 1.165) is 0 Å². The molecular weight excluding hydrogens is 344 g/mol. The largest absolute Gasteiger partial charge is 0.493 e. The molecule has 1 atom stereocenters. The number of amides is 2. The SMILES string of the molecule is COc1ccc(C(O)CN(C)C(=O)Nc2cccc(Cl)c2)cc1OC. The molecule has 2 amide bonds. The summed E-state index contributed by atoms with van der Waals surface area (Å²) < 4.78 is 10.4. The summed E-state index contributed by atoms with van der Waals surface area (Å²) in [4.78, 5) is 13.6. The highest BCUT2D eigenvalue weighted by Crippen LogP contribution is 2.30. The number of anilines is 1. The third-order valence-electron chi connectivity index (χ3n) is 3.66. The monoisotopic (exact) mass is 364 g/mol. The number of carbonyl (C=O) groups excluding carboxylic acids is 1. The van der Waals surface area contributed by atoms with Crippen LogP contribution in [0.25, 0.3) is 0 Å². The van der Waals surface area contributed by atoms with Crippen LogP contribution in [0.15, 0.2) is 42.5 Å². The Kier molecular flexibility index (Phi) is 6.50. The third-order valence-corrected chi connectivity index (χ3v) is 3.90. The third kappa shape index (κ3) is 5.01. The molecule has 0 heterocycles. The fourth-order valence-electron chi connectivity index (χ4n) is 2.29. The maximum Gasteiger partial charge on any atom is 0.321 e. The second-order valence-electron chi connectivity index (χ2n) is 5.45. The van der Waals surface area contributed by atoms with E-state index in [0.29, 0.717) is 27.8 Å². The molecule has 0 bridgehead atoms. The number of urea groups is 1. The minimum absolute atomic E-state index is 0.113. The lowest BCUT2D eigenvalue weighted by Crippen LogP contribution is -2.34. The van der Waals surface area contributed by atoms with Crippen LogP contribution in [0.2, 0.25) is 5.02 Å². The summed E-state index contributed by atoms with van der Waals surface area (Å²) in [6.45, 7) is 0.113. The number of halogens is 1. The van der Waals surface area contributed by atoms with Gasteiger partial charge in [-0.15, -0.1) is 0 Å². The van der Waals surface area contributed by atoms with Gasteiger partial charge in [0.2, 0.25) is 0 Å². The lowest BCUT2D eigenvalue weighted by atomic mass is 10.1. The topological polar surface area (TPSA) is 71.0 Å². The van der Waals surface area contributed by atoms with Gasteiger partial charge in [0, 0.05) is 17.8 Å². The second-order valence-corrected chi connectivity index (χ2v) is 5.89. The smallest absolute Gasteiger partial charge is 0.321 e. The fraction of sp³-hybridized carbons (Fsp3) is 0.278. The summed E-state index contributed by atoms with van der Waals surface area (Å²) in [5.41, 5.74) is 1.21. The number of hydrogen-bond acceptors (Lipinski definition) is 4. The van der Waals surface area contributed by atoms with E-state index >= 15 is 0 Å².